The van der Waals surface area contributed by atoms with Crippen molar-refractivity contribution in [2.45, 2.75) is 89.6 Å². The van der Waals surface area contributed by atoms with Gasteiger partial charge in [-0.15, -0.1) is 0 Å². The Morgan fingerprint density at radius 2 is 1.91 bits per heavy atom. The van der Waals surface area contributed by atoms with Crippen molar-refractivity contribution in [3.63, 3.8) is 0 Å². The standard InChI is InChI=1S/C20H34O3/c1-14(2)16-8-11-19(4,22)12-10-17(21)15(3)6-7-18-20(5,23-18)13-9-16/h8,11,14,16-18,21-22H,3,6-7,9-10,12-13H2,1-2,4-5H3. The number of aliphatic hydroxyl groups is 2. The lowest BCUT2D eigenvalue weighted by Gasteiger charge is -2.25. The van der Waals surface area contributed by atoms with Crippen LogP contribution in [0.1, 0.15) is 66.2 Å². The van der Waals surface area contributed by atoms with E-state index in [-0.39, 0.29) is 5.60 Å². The van der Waals surface area contributed by atoms with Gasteiger partial charge in [-0.2, -0.15) is 0 Å². The number of hydrogen-bond acceptors (Lipinski definition) is 3. The van der Waals surface area contributed by atoms with Crippen LogP contribution >= 0.6 is 0 Å². The molecule has 0 bridgehead atoms. The predicted molar refractivity (Wildman–Crippen MR) is 94.2 cm³/mol. The van der Waals surface area contributed by atoms with Gasteiger partial charge in [-0.25, -0.2) is 0 Å². The van der Waals surface area contributed by atoms with Crippen LogP contribution in [0.25, 0.3) is 0 Å². The maximum absolute atomic E-state index is 10.5. The van der Waals surface area contributed by atoms with Crippen molar-refractivity contribution in [2.75, 3.05) is 0 Å². The van der Waals surface area contributed by atoms with Gasteiger partial charge in [0.15, 0.2) is 0 Å². The molecule has 1 aliphatic heterocycles. The Balaban J connectivity index is 2.12. The number of epoxide rings is 1. The summed E-state index contributed by atoms with van der Waals surface area (Å²) < 4.78 is 5.94. The molecular formula is C20H34O3. The largest absolute Gasteiger partial charge is 0.389 e. The topological polar surface area (TPSA) is 53.0 Å². The van der Waals surface area contributed by atoms with Crippen LogP contribution < -0.4 is 0 Å². The number of hydrogen-bond donors (Lipinski definition) is 2. The molecule has 2 rings (SSSR count). The Kier molecular flexibility index (Phi) is 5.76. The number of allylic oxidation sites excluding steroid dienone is 1. The van der Waals surface area contributed by atoms with Crippen LogP contribution in [-0.2, 0) is 4.74 Å². The zero-order valence-electron chi connectivity index (χ0n) is 15.2. The predicted octanol–water partition coefficient (Wildman–Crippen LogP) is 3.99. The van der Waals surface area contributed by atoms with Crippen molar-refractivity contribution in [1.29, 1.82) is 0 Å². The van der Waals surface area contributed by atoms with Crippen LogP contribution in [0.3, 0.4) is 0 Å². The molecule has 132 valence electrons. The Bertz CT molecular complexity index is 452. The molecule has 23 heavy (non-hydrogen) atoms. The van der Waals surface area contributed by atoms with E-state index in [1.165, 1.54) is 0 Å². The number of ether oxygens (including phenoxy) is 1. The molecule has 0 spiro atoms. The fraction of sp³-hybridized carbons (Fsp3) is 0.800. The number of rotatable bonds is 1. The van der Waals surface area contributed by atoms with E-state index in [2.05, 4.69) is 33.4 Å². The zero-order chi connectivity index (χ0) is 17.3. The molecule has 1 aliphatic carbocycles. The Morgan fingerprint density at radius 3 is 2.57 bits per heavy atom. The van der Waals surface area contributed by atoms with Crippen LogP contribution in [-0.4, -0.2) is 33.6 Å². The molecule has 0 radical (unpaired) electrons. The van der Waals surface area contributed by atoms with E-state index in [1.54, 1.807) is 0 Å². The first-order valence-electron chi connectivity index (χ1n) is 9.08. The molecule has 0 amide bonds. The normalized spacial score (nSPS) is 43.1. The molecule has 1 heterocycles. The van der Waals surface area contributed by atoms with Crippen molar-refractivity contribution in [2.24, 2.45) is 11.8 Å². The van der Waals surface area contributed by atoms with Crippen LogP contribution in [0.5, 0.6) is 0 Å². The summed E-state index contributed by atoms with van der Waals surface area (Å²) in [6, 6.07) is 0. The second-order valence-electron chi connectivity index (χ2n) is 8.33. The monoisotopic (exact) mass is 322 g/mol. The molecule has 3 nitrogen and oxygen atoms in total. The SMILES string of the molecule is C=C1CCC2OC2(C)CCC(C(C)C)C=CC(C)(O)CCC1O. The molecule has 5 atom stereocenters. The Morgan fingerprint density at radius 1 is 1.22 bits per heavy atom. The van der Waals surface area contributed by atoms with Gasteiger partial charge in [-0.05, 0) is 69.8 Å². The Labute approximate surface area is 141 Å². The van der Waals surface area contributed by atoms with E-state index in [4.69, 9.17) is 4.74 Å². The molecule has 0 aromatic heterocycles. The highest BCUT2D eigenvalue weighted by Crippen LogP contribution is 2.45. The highest BCUT2D eigenvalue weighted by atomic mass is 16.6. The minimum Gasteiger partial charge on any atom is -0.389 e. The zero-order valence-corrected chi connectivity index (χ0v) is 15.2. The summed E-state index contributed by atoms with van der Waals surface area (Å²) >= 11 is 0. The first kappa shape index (κ1) is 18.7. The number of aliphatic hydroxyl groups excluding tert-OH is 1. The van der Waals surface area contributed by atoms with E-state index in [0.29, 0.717) is 30.8 Å². The molecule has 2 aliphatic rings. The lowest BCUT2D eigenvalue weighted by atomic mass is 9.84. The molecule has 0 saturated carbocycles. The molecule has 1 fully saturated rings. The number of fused-ring (bicyclic) bond motifs is 1. The second kappa shape index (κ2) is 7.08. The summed E-state index contributed by atoms with van der Waals surface area (Å²) in [7, 11) is 0. The lowest BCUT2D eigenvalue weighted by molar-refractivity contribution is 0.0792. The summed E-state index contributed by atoms with van der Waals surface area (Å²) in [5, 5.41) is 20.8. The van der Waals surface area contributed by atoms with Crippen molar-refractivity contribution >= 4 is 0 Å². The van der Waals surface area contributed by atoms with Gasteiger partial charge in [0.05, 0.1) is 23.4 Å². The lowest BCUT2D eigenvalue weighted by Crippen LogP contribution is -2.25. The van der Waals surface area contributed by atoms with Gasteiger partial charge in [-0.3, -0.25) is 0 Å². The second-order valence-corrected chi connectivity index (χ2v) is 8.33. The van der Waals surface area contributed by atoms with E-state index in [1.807, 2.05) is 13.0 Å². The van der Waals surface area contributed by atoms with Crippen LogP contribution in [0, 0.1) is 11.8 Å². The average molecular weight is 322 g/mol. The van der Waals surface area contributed by atoms with Crippen LogP contribution in [0.4, 0.5) is 0 Å². The highest BCUT2D eigenvalue weighted by molar-refractivity contribution is 5.09. The van der Waals surface area contributed by atoms with Crippen LogP contribution in [0.15, 0.2) is 24.3 Å². The first-order valence-corrected chi connectivity index (χ1v) is 9.08. The summed E-state index contributed by atoms with van der Waals surface area (Å²) in [4.78, 5) is 0. The van der Waals surface area contributed by atoms with Crippen molar-refractivity contribution in [1.82, 2.24) is 0 Å². The summed E-state index contributed by atoms with van der Waals surface area (Å²) in [6.07, 6.45) is 8.81. The average Bonchev–Trinajstić information content (AvgIpc) is 3.11. The highest BCUT2D eigenvalue weighted by Gasteiger charge is 2.51. The Hall–Kier alpha value is -0.640. The molecule has 1 saturated heterocycles. The van der Waals surface area contributed by atoms with E-state index >= 15 is 0 Å². The summed E-state index contributed by atoms with van der Waals surface area (Å²) in [5.74, 6) is 0.993. The quantitative estimate of drug-likeness (QED) is 0.567. The van der Waals surface area contributed by atoms with E-state index in [0.717, 1.165) is 31.3 Å². The van der Waals surface area contributed by atoms with Crippen molar-refractivity contribution < 1.29 is 14.9 Å². The minimum absolute atomic E-state index is 0.0150. The van der Waals surface area contributed by atoms with Crippen molar-refractivity contribution in [3.05, 3.63) is 24.3 Å². The third kappa shape index (κ3) is 5.17. The fourth-order valence-electron chi connectivity index (χ4n) is 3.51. The molecule has 5 unspecified atom stereocenters. The third-order valence-electron chi connectivity index (χ3n) is 5.69. The smallest absolute Gasteiger partial charge is 0.0920 e. The van der Waals surface area contributed by atoms with Gasteiger partial charge in [-0.1, -0.05) is 32.6 Å². The first-order chi connectivity index (χ1) is 10.6. The van der Waals surface area contributed by atoms with E-state index in [9.17, 15) is 10.2 Å². The molecule has 3 heteroatoms. The van der Waals surface area contributed by atoms with Gasteiger partial charge < -0.3 is 14.9 Å². The van der Waals surface area contributed by atoms with Gasteiger partial charge in [0, 0.05) is 0 Å². The van der Waals surface area contributed by atoms with E-state index < -0.39 is 11.7 Å². The molecule has 0 aromatic rings. The summed E-state index contributed by atoms with van der Waals surface area (Å²) in [6.45, 7) is 12.5. The molecule has 2 N–H and O–H groups in total. The maximum atomic E-state index is 10.5. The molecule has 0 aromatic carbocycles. The van der Waals surface area contributed by atoms with Gasteiger partial charge in [0.25, 0.3) is 0 Å². The van der Waals surface area contributed by atoms with Crippen LogP contribution in [0.2, 0.25) is 0 Å². The third-order valence-corrected chi connectivity index (χ3v) is 5.69. The molecular weight excluding hydrogens is 288 g/mol. The van der Waals surface area contributed by atoms with Crippen molar-refractivity contribution in [3.8, 4) is 0 Å². The van der Waals surface area contributed by atoms with Gasteiger partial charge in [0.1, 0.15) is 0 Å². The maximum Gasteiger partial charge on any atom is 0.0920 e. The fourth-order valence-corrected chi connectivity index (χ4v) is 3.51. The van der Waals surface area contributed by atoms with Gasteiger partial charge >= 0.3 is 0 Å². The van der Waals surface area contributed by atoms with Gasteiger partial charge in [0.2, 0.25) is 0 Å². The minimum atomic E-state index is -0.874. The summed E-state index contributed by atoms with van der Waals surface area (Å²) in [5.41, 5.74) is -0.0281.